The van der Waals surface area contributed by atoms with E-state index in [9.17, 15) is 14.0 Å². The summed E-state index contributed by atoms with van der Waals surface area (Å²) in [5, 5.41) is 3.65. The molecule has 1 amide bonds. The Morgan fingerprint density at radius 2 is 1.88 bits per heavy atom. The molecule has 0 aliphatic heterocycles. The van der Waals surface area contributed by atoms with Crippen molar-refractivity contribution >= 4 is 27.8 Å². The van der Waals surface area contributed by atoms with E-state index in [1.54, 1.807) is 10.6 Å². The minimum Gasteiger partial charge on any atom is -0.352 e. The third kappa shape index (κ3) is 3.90. The van der Waals surface area contributed by atoms with E-state index in [4.69, 9.17) is 0 Å². The maximum atomic E-state index is 14.0. The number of halogens is 1. The molecular weight excluding hydrogens is 407 g/mol. The van der Waals surface area contributed by atoms with Crippen LogP contribution in [0.25, 0.3) is 21.9 Å². The number of hydrogen-bond acceptors (Lipinski definition) is 3. The van der Waals surface area contributed by atoms with Gasteiger partial charge in [0.2, 0.25) is 5.91 Å². The molecule has 0 atom stereocenters. The molecule has 2 aromatic carbocycles. The van der Waals surface area contributed by atoms with Crippen LogP contribution in [0.1, 0.15) is 37.7 Å². The van der Waals surface area contributed by atoms with Crippen LogP contribution in [0.3, 0.4) is 0 Å². The highest BCUT2D eigenvalue weighted by atomic mass is 19.1. The van der Waals surface area contributed by atoms with Crippen molar-refractivity contribution in [3.63, 3.8) is 0 Å². The molecule has 1 aliphatic rings. The molecule has 2 heterocycles. The lowest BCUT2D eigenvalue weighted by molar-refractivity contribution is -0.122. The molecule has 32 heavy (non-hydrogen) atoms. The van der Waals surface area contributed by atoms with Gasteiger partial charge >= 0.3 is 0 Å². The standard InChI is InChI=1S/C25H25FN4O2/c26-18-11-12-21-20(13-18)23-24(30(21)15-22(31)28-19-9-5-2-6-10-19)25(32)29(16-27-23)14-17-7-3-1-4-8-17/h1,3-4,7-8,11-13,16,19H,2,5-6,9-10,14-15H2,(H,28,31). The number of rotatable bonds is 5. The van der Waals surface area contributed by atoms with Crippen molar-refractivity contribution in [2.24, 2.45) is 0 Å². The largest absolute Gasteiger partial charge is 0.352 e. The summed E-state index contributed by atoms with van der Waals surface area (Å²) in [4.78, 5) is 30.8. The summed E-state index contributed by atoms with van der Waals surface area (Å²) in [6.45, 7) is 0.362. The van der Waals surface area contributed by atoms with E-state index in [0.29, 0.717) is 28.5 Å². The normalized spacial score (nSPS) is 14.8. The van der Waals surface area contributed by atoms with Gasteiger partial charge in [0.1, 0.15) is 23.4 Å². The third-order valence-electron chi connectivity index (χ3n) is 6.26. The summed E-state index contributed by atoms with van der Waals surface area (Å²) in [6.07, 6.45) is 6.90. The number of nitrogens with one attached hydrogen (secondary N) is 1. The first-order chi connectivity index (χ1) is 15.6. The zero-order chi connectivity index (χ0) is 22.1. The smallest absolute Gasteiger partial charge is 0.278 e. The zero-order valence-corrected chi connectivity index (χ0v) is 17.8. The fourth-order valence-corrected chi connectivity index (χ4v) is 4.69. The van der Waals surface area contributed by atoms with Crippen LogP contribution in [0.15, 0.2) is 59.7 Å². The highest BCUT2D eigenvalue weighted by Gasteiger charge is 2.21. The van der Waals surface area contributed by atoms with Crippen molar-refractivity contribution in [3.05, 3.63) is 76.6 Å². The van der Waals surface area contributed by atoms with Crippen LogP contribution < -0.4 is 10.9 Å². The second-order valence-electron chi connectivity index (χ2n) is 8.51. The van der Waals surface area contributed by atoms with E-state index in [1.807, 2.05) is 30.3 Å². The van der Waals surface area contributed by atoms with Crippen molar-refractivity contribution < 1.29 is 9.18 Å². The Balaban J connectivity index is 1.57. The number of hydrogen-bond donors (Lipinski definition) is 1. The molecule has 4 aromatic rings. The van der Waals surface area contributed by atoms with Gasteiger partial charge in [0.05, 0.1) is 18.4 Å². The van der Waals surface area contributed by atoms with Crippen molar-refractivity contribution in [3.8, 4) is 0 Å². The summed E-state index contributed by atoms with van der Waals surface area (Å²) < 4.78 is 17.2. The van der Waals surface area contributed by atoms with Crippen molar-refractivity contribution in [2.75, 3.05) is 0 Å². The van der Waals surface area contributed by atoms with Gasteiger partial charge in [0.25, 0.3) is 5.56 Å². The zero-order valence-electron chi connectivity index (χ0n) is 17.8. The van der Waals surface area contributed by atoms with E-state index < -0.39 is 5.82 Å². The van der Waals surface area contributed by atoms with Crippen molar-refractivity contribution in [2.45, 2.75) is 51.2 Å². The first kappa shape index (κ1) is 20.4. The number of amides is 1. The lowest BCUT2D eigenvalue weighted by Gasteiger charge is -2.23. The summed E-state index contributed by atoms with van der Waals surface area (Å²) in [7, 11) is 0. The Morgan fingerprint density at radius 1 is 1.09 bits per heavy atom. The van der Waals surface area contributed by atoms with Gasteiger partial charge in [0, 0.05) is 11.4 Å². The molecule has 0 bridgehead atoms. The molecule has 0 unspecified atom stereocenters. The van der Waals surface area contributed by atoms with E-state index >= 15 is 0 Å². The molecule has 1 fully saturated rings. The number of aromatic nitrogens is 3. The van der Waals surface area contributed by atoms with Crippen LogP contribution in [0.2, 0.25) is 0 Å². The van der Waals surface area contributed by atoms with Crippen molar-refractivity contribution in [1.82, 2.24) is 19.4 Å². The Hall–Kier alpha value is -3.48. The lowest BCUT2D eigenvalue weighted by atomic mass is 9.95. The summed E-state index contributed by atoms with van der Waals surface area (Å²) >= 11 is 0. The molecule has 5 rings (SSSR count). The molecule has 164 valence electrons. The predicted octanol–water partition coefficient (Wildman–Crippen LogP) is 3.99. The molecule has 1 aliphatic carbocycles. The Labute approximate surface area is 184 Å². The van der Waals surface area contributed by atoms with Crippen molar-refractivity contribution in [1.29, 1.82) is 0 Å². The molecule has 1 saturated carbocycles. The fraction of sp³-hybridized carbons (Fsp3) is 0.320. The van der Waals surface area contributed by atoms with Crippen LogP contribution in [0, 0.1) is 5.82 Å². The molecule has 0 spiro atoms. The average molecular weight is 432 g/mol. The maximum Gasteiger partial charge on any atom is 0.278 e. The van der Waals surface area contributed by atoms with E-state index in [-0.39, 0.29) is 24.1 Å². The molecule has 0 radical (unpaired) electrons. The van der Waals surface area contributed by atoms with E-state index in [2.05, 4.69) is 10.3 Å². The highest BCUT2D eigenvalue weighted by Crippen LogP contribution is 2.26. The summed E-state index contributed by atoms with van der Waals surface area (Å²) in [5.41, 5.74) is 2.09. The van der Waals surface area contributed by atoms with Crippen LogP contribution in [0.5, 0.6) is 0 Å². The van der Waals surface area contributed by atoms with Gasteiger partial charge in [-0.15, -0.1) is 0 Å². The maximum absolute atomic E-state index is 14.0. The van der Waals surface area contributed by atoms with Gasteiger partial charge in [-0.05, 0) is 36.6 Å². The van der Waals surface area contributed by atoms with Crippen LogP contribution >= 0.6 is 0 Å². The Kier molecular flexibility index (Phi) is 5.47. The van der Waals surface area contributed by atoms with Gasteiger partial charge < -0.3 is 9.88 Å². The highest BCUT2D eigenvalue weighted by molar-refractivity contribution is 6.06. The number of carbonyl (C=O) groups excluding carboxylic acids is 1. The van der Waals surface area contributed by atoms with Crippen LogP contribution in [-0.2, 0) is 17.9 Å². The third-order valence-corrected chi connectivity index (χ3v) is 6.26. The summed E-state index contributed by atoms with van der Waals surface area (Å²) in [6, 6.07) is 14.2. The summed E-state index contributed by atoms with van der Waals surface area (Å²) in [5.74, 6) is -0.545. The van der Waals surface area contributed by atoms with Gasteiger partial charge in [-0.1, -0.05) is 49.6 Å². The average Bonchev–Trinajstić information content (AvgIpc) is 3.10. The molecule has 0 saturated heterocycles. The molecule has 1 N–H and O–H groups in total. The SMILES string of the molecule is O=C(Cn1c2ccc(F)cc2c2ncn(Cc3ccccc3)c(=O)c21)NC1CCCCC1. The molecular formula is C25H25FN4O2. The number of fused-ring (bicyclic) bond motifs is 3. The fourth-order valence-electron chi connectivity index (χ4n) is 4.69. The van der Waals surface area contributed by atoms with Gasteiger partial charge in [-0.2, -0.15) is 0 Å². The minimum absolute atomic E-state index is 0.00555. The van der Waals surface area contributed by atoms with E-state index in [0.717, 1.165) is 31.2 Å². The first-order valence-electron chi connectivity index (χ1n) is 11.1. The number of benzene rings is 2. The quantitative estimate of drug-likeness (QED) is 0.519. The van der Waals surface area contributed by atoms with Crippen LogP contribution in [-0.4, -0.2) is 26.1 Å². The van der Waals surface area contributed by atoms with Gasteiger partial charge in [-0.3, -0.25) is 14.2 Å². The lowest BCUT2D eigenvalue weighted by Crippen LogP contribution is -2.38. The number of nitrogens with zero attached hydrogens (tertiary/aromatic N) is 3. The first-order valence-corrected chi connectivity index (χ1v) is 11.1. The molecule has 2 aromatic heterocycles. The molecule has 6 nitrogen and oxygen atoms in total. The second kappa shape index (κ2) is 8.57. The van der Waals surface area contributed by atoms with E-state index in [1.165, 1.54) is 29.4 Å². The van der Waals surface area contributed by atoms with Gasteiger partial charge in [-0.25, -0.2) is 9.37 Å². The topological polar surface area (TPSA) is 68.9 Å². The monoisotopic (exact) mass is 432 g/mol. The van der Waals surface area contributed by atoms with Crippen LogP contribution in [0.4, 0.5) is 4.39 Å². The Morgan fingerprint density at radius 3 is 2.66 bits per heavy atom. The Bertz CT molecular complexity index is 1340. The minimum atomic E-state index is -0.404. The predicted molar refractivity (Wildman–Crippen MR) is 122 cm³/mol. The second-order valence-corrected chi connectivity index (χ2v) is 8.51. The number of carbonyl (C=O) groups is 1. The molecule has 7 heteroatoms. The van der Waals surface area contributed by atoms with Gasteiger partial charge in [0.15, 0.2) is 0 Å².